The summed E-state index contributed by atoms with van der Waals surface area (Å²) in [7, 11) is 1.58. The lowest BCUT2D eigenvalue weighted by Gasteiger charge is -2.33. The quantitative estimate of drug-likeness (QED) is 0.634. The first-order chi connectivity index (χ1) is 15.7. The van der Waals surface area contributed by atoms with E-state index in [1.165, 1.54) is 13.0 Å². The van der Waals surface area contributed by atoms with Crippen LogP contribution in [0.2, 0.25) is 0 Å². The molecule has 0 bridgehead atoms. The monoisotopic (exact) mass is 459 g/mol. The van der Waals surface area contributed by atoms with Crippen LogP contribution >= 0.6 is 0 Å². The van der Waals surface area contributed by atoms with E-state index in [1.54, 1.807) is 24.1 Å². The minimum absolute atomic E-state index is 0.0164. The number of hydrogen-bond donors (Lipinski definition) is 1. The lowest BCUT2D eigenvalue weighted by atomic mass is 9.93. The van der Waals surface area contributed by atoms with E-state index in [2.05, 4.69) is 9.97 Å². The van der Waals surface area contributed by atoms with E-state index >= 15 is 0 Å². The van der Waals surface area contributed by atoms with Gasteiger partial charge in [0.15, 0.2) is 0 Å². The average molecular weight is 459 g/mol. The smallest absolute Gasteiger partial charge is 0.417 e. The van der Waals surface area contributed by atoms with Crippen molar-refractivity contribution in [1.29, 1.82) is 0 Å². The maximum atomic E-state index is 13.5. The first-order valence-corrected chi connectivity index (χ1v) is 10.7. The number of amides is 1. The number of halogens is 3. The zero-order valence-electron chi connectivity index (χ0n) is 18.3. The van der Waals surface area contributed by atoms with Crippen LogP contribution in [0.15, 0.2) is 41.2 Å². The third-order valence-electron chi connectivity index (χ3n) is 5.99. The number of methoxy groups -OCH3 is 1. The Morgan fingerprint density at radius 3 is 2.64 bits per heavy atom. The molecule has 1 aliphatic rings. The SMILES string of the molecule is COc1ccc(CC(=O)N2CCC[C@H](c3cc4nc(C)cc(C(F)(F)F)c4c(=O)[nH]3)C2)cc1. The van der Waals surface area contributed by atoms with Crippen LogP contribution in [0.1, 0.15) is 41.3 Å². The number of piperidine rings is 1. The number of carbonyl (C=O) groups excluding carboxylic acids is 1. The second-order valence-electron chi connectivity index (χ2n) is 8.33. The van der Waals surface area contributed by atoms with Crippen molar-refractivity contribution in [1.82, 2.24) is 14.9 Å². The summed E-state index contributed by atoms with van der Waals surface area (Å²) in [6, 6.07) is 9.67. The van der Waals surface area contributed by atoms with Crippen LogP contribution in [0.4, 0.5) is 13.2 Å². The number of H-pyrrole nitrogens is 1. The van der Waals surface area contributed by atoms with E-state index in [0.717, 1.165) is 18.1 Å². The van der Waals surface area contributed by atoms with Crippen molar-refractivity contribution in [2.45, 2.75) is 38.3 Å². The van der Waals surface area contributed by atoms with Crippen molar-refractivity contribution >= 4 is 16.8 Å². The molecule has 1 fully saturated rings. The highest BCUT2D eigenvalue weighted by atomic mass is 19.4. The summed E-state index contributed by atoms with van der Waals surface area (Å²) in [6.45, 7) is 2.45. The highest BCUT2D eigenvalue weighted by Crippen LogP contribution is 2.34. The molecule has 1 atom stereocenters. The summed E-state index contributed by atoms with van der Waals surface area (Å²) in [5.41, 5.74) is -0.238. The molecule has 2 aromatic heterocycles. The largest absolute Gasteiger partial charge is 0.497 e. The van der Waals surface area contributed by atoms with E-state index in [1.807, 2.05) is 12.1 Å². The number of aryl methyl sites for hydroxylation is 1. The molecule has 3 heterocycles. The first-order valence-electron chi connectivity index (χ1n) is 10.7. The summed E-state index contributed by atoms with van der Waals surface area (Å²) in [4.78, 5) is 34.1. The minimum Gasteiger partial charge on any atom is -0.497 e. The number of carbonyl (C=O) groups is 1. The topological polar surface area (TPSA) is 75.3 Å². The minimum atomic E-state index is -4.66. The van der Waals surface area contributed by atoms with Gasteiger partial charge in [-0.25, -0.2) is 0 Å². The molecular weight excluding hydrogens is 435 g/mol. The van der Waals surface area contributed by atoms with E-state index < -0.39 is 22.7 Å². The number of rotatable bonds is 4. The van der Waals surface area contributed by atoms with Crippen LogP contribution < -0.4 is 10.3 Å². The summed E-state index contributed by atoms with van der Waals surface area (Å²) >= 11 is 0. The molecule has 1 saturated heterocycles. The fourth-order valence-corrected chi connectivity index (χ4v) is 4.35. The predicted octanol–water partition coefficient (Wildman–Crippen LogP) is 4.21. The molecule has 1 amide bonds. The van der Waals surface area contributed by atoms with Gasteiger partial charge >= 0.3 is 6.18 Å². The van der Waals surface area contributed by atoms with E-state index in [9.17, 15) is 22.8 Å². The first kappa shape index (κ1) is 22.8. The molecule has 33 heavy (non-hydrogen) atoms. The summed E-state index contributed by atoms with van der Waals surface area (Å²) in [5, 5.41) is -0.458. The molecule has 0 aliphatic carbocycles. The molecule has 1 aromatic carbocycles. The zero-order chi connectivity index (χ0) is 23.8. The van der Waals surface area contributed by atoms with Crippen molar-refractivity contribution in [2.75, 3.05) is 20.2 Å². The fourth-order valence-electron chi connectivity index (χ4n) is 4.35. The van der Waals surface area contributed by atoms with Crippen LogP contribution in [0.5, 0.6) is 5.75 Å². The molecule has 0 radical (unpaired) electrons. The van der Waals surface area contributed by atoms with Crippen molar-refractivity contribution in [2.24, 2.45) is 0 Å². The lowest BCUT2D eigenvalue weighted by Crippen LogP contribution is -2.40. The number of aromatic nitrogens is 2. The molecule has 0 saturated carbocycles. The van der Waals surface area contributed by atoms with Gasteiger partial charge in [0, 0.05) is 30.4 Å². The normalized spacial score (nSPS) is 16.8. The second kappa shape index (κ2) is 8.88. The van der Waals surface area contributed by atoms with E-state index in [0.29, 0.717) is 31.0 Å². The number of hydrogen-bond acceptors (Lipinski definition) is 4. The van der Waals surface area contributed by atoms with Crippen LogP contribution in [-0.4, -0.2) is 41.0 Å². The summed E-state index contributed by atoms with van der Waals surface area (Å²) in [6.07, 6.45) is -2.98. The number of alkyl halides is 3. The third kappa shape index (κ3) is 4.86. The highest BCUT2D eigenvalue weighted by molar-refractivity contribution is 5.82. The summed E-state index contributed by atoms with van der Waals surface area (Å²) in [5.74, 6) is 0.482. The van der Waals surface area contributed by atoms with Crippen LogP contribution in [-0.2, 0) is 17.4 Å². The molecule has 1 aliphatic heterocycles. The molecule has 9 heteroatoms. The Morgan fingerprint density at radius 2 is 1.97 bits per heavy atom. The maximum Gasteiger partial charge on any atom is 0.417 e. The average Bonchev–Trinajstić information content (AvgIpc) is 2.78. The molecule has 6 nitrogen and oxygen atoms in total. The Kier molecular flexibility index (Phi) is 6.14. The number of nitrogens with one attached hydrogen (secondary N) is 1. The molecule has 4 rings (SSSR count). The molecule has 174 valence electrons. The zero-order valence-corrected chi connectivity index (χ0v) is 18.3. The van der Waals surface area contributed by atoms with Crippen LogP contribution in [0.25, 0.3) is 10.9 Å². The molecular formula is C24H24F3N3O3. The van der Waals surface area contributed by atoms with Crippen molar-refractivity contribution < 1.29 is 22.7 Å². The van der Waals surface area contributed by atoms with Gasteiger partial charge in [-0.05, 0) is 49.6 Å². The number of pyridine rings is 2. The van der Waals surface area contributed by atoms with Gasteiger partial charge in [-0.1, -0.05) is 12.1 Å². The van der Waals surface area contributed by atoms with Crippen molar-refractivity contribution in [3.05, 3.63) is 69.3 Å². The molecule has 0 unspecified atom stereocenters. The number of likely N-dealkylation sites (tertiary alicyclic amines) is 1. The van der Waals surface area contributed by atoms with Crippen LogP contribution in [0, 0.1) is 6.92 Å². The Balaban J connectivity index is 1.58. The van der Waals surface area contributed by atoms with Gasteiger partial charge in [-0.3, -0.25) is 14.6 Å². The Hall–Kier alpha value is -3.36. The number of ether oxygens (including phenoxy) is 1. The number of aromatic amines is 1. The lowest BCUT2D eigenvalue weighted by molar-refractivity contribution is -0.136. The standard InChI is InChI=1S/C24H24F3N3O3/c1-14-10-18(24(25,26)27)22-20(28-14)12-19(29-23(22)32)16-4-3-9-30(13-16)21(31)11-15-5-7-17(33-2)8-6-15/h5-8,10,12,16H,3-4,9,11,13H2,1-2H3,(H,29,32)/t16-/m0/s1. The van der Waals surface area contributed by atoms with Gasteiger partial charge in [0.05, 0.1) is 30.0 Å². The van der Waals surface area contributed by atoms with Crippen LogP contribution in [0.3, 0.4) is 0 Å². The second-order valence-corrected chi connectivity index (χ2v) is 8.33. The predicted molar refractivity (Wildman–Crippen MR) is 117 cm³/mol. The Morgan fingerprint density at radius 1 is 1.24 bits per heavy atom. The Bertz CT molecular complexity index is 1240. The Labute approximate surface area is 188 Å². The summed E-state index contributed by atoms with van der Waals surface area (Å²) < 4.78 is 45.5. The van der Waals surface area contributed by atoms with E-state index in [-0.39, 0.29) is 29.5 Å². The third-order valence-corrected chi connectivity index (χ3v) is 5.99. The fraction of sp³-hybridized carbons (Fsp3) is 0.375. The van der Waals surface area contributed by atoms with Crippen molar-refractivity contribution in [3.63, 3.8) is 0 Å². The highest BCUT2D eigenvalue weighted by Gasteiger charge is 2.35. The molecule has 3 aromatic rings. The van der Waals surface area contributed by atoms with Gasteiger partial charge < -0.3 is 14.6 Å². The van der Waals surface area contributed by atoms with Gasteiger partial charge in [0.1, 0.15) is 5.75 Å². The van der Waals surface area contributed by atoms with Gasteiger partial charge in [0.25, 0.3) is 5.56 Å². The number of benzene rings is 1. The molecule has 1 N–H and O–H groups in total. The van der Waals surface area contributed by atoms with Crippen molar-refractivity contribution in [3.8, 4) is 5.75 Å². The maximum absolute atomic E-state index is 13.5. The van der Waals surface area contributed by atoms with E-state index in [4.69, 9.17) is 4.74 Å². The van der Waals surface area contributed by atoms with Gasteiger partial charge in [0.2, 0.25) is 5.91 Å². The number of fused-ring (bicyclic) bond motifs is 1. The number of nitrogens with zero attached hydrogens (tertiary/aromatic N) is 2. The van der Waals surface area contributed by atoms with Gasteiger partial charge in [-0.2, -0.15) is 13.2 Å². The van der Waals surface area contributed by atoms with Gasteiger partial charge in [-0.15, -0.1) is 0 Å². The molecule has 0 spiro atoms.